The number of aliphatic hydroxyl groups excluding tert-OH is 1. The number of carbonyl (C=O) groups excluding carboxylic acids is 1. The van der Waals surface area contributed by atoms with Crippen LogP contribution in [0.2, 0.25) is 0 Å². The van der Waals surface area contributed by atoms with Crippen LogP contribution in [0.25, 0.3) is 0 Å². The molecule has 1 aromatic heterocycles. The van der Waals surface area contributed by atoms with Crippen LogP contribution in [0, 0.1) is 17.8 Å². The summed E-state index contributed by atoms with van der Waals surface area (Å²) in [6.45, 7) is 0.135. The molecule has 5 nitrogen and oxygen atoms in total. The lowest BCUT2D eigenvalue weighted by molar-refractivity contribution is 0.0954. The highest BCUT2D eigenvalue weighted by Crippen LogP contribution is 2.49. The lowest BCUT2D eigenvalue weighted by atomic mass is 9.98. The molecule has 106 valence electrons. The maximum atomic E-state index is 11.9. The van der Waals surface area contributed by atoms with Crippen molar-refractivity contribution in [2.45, 2.75) is 18.2 Å². The summed E-state index contributed by atoms with van der Waals surface area (Å²) in [7, 11) is 0. The molecule has 1 heterocycles. The molecule has 1 aromatic rings. The number of hydrogen-bond donors (Lipinski definition) is 2. The lowest BCUT2D eigenvalue weighted by Gasteiger charge is -2.16. The summed E-state index contributed by atoms with van der Waals surface area (Å²) in [6.07, 6.45) is 4.74. The van der Waals surface area contributed by atoms with Gasteiger partial charge in [0.1, 0.15) is 0 Å². The van der Waals surface area contributed by atoms with E-state index < -0.39 is 0 Å². The van der Waals surface area contributed by atoms with E-state index in [1.807, 2.05) is 0 Å². The Balaban J connectivity index is 1.68. The first kappa shape index (κ1) is 13.5. The zero-order chi connectivity index (χ0) is 14.1. The number of hydrazone groups is 1. The van der Waals surface area contributed by atoms with Gasteiger partial charge in [0.15, 0.2) is 0 Å². The molecule has 20 heavy (non-hydrogen) atoms. The van der Waals surface area contributed by atoms with E-state index in [4.69, 9.17) is 11.6 Å². The zero-order valence-corrected chi connectivity index (χ0v) is 11.6. The topological polar surface area (TPSA) is 74.6 Å². The molecule has 0 radical (unpaired) electrons. The predicted octanol–water partition coefficient (Wildman–Crippen LogP) is 1.42. The number of nitrogens with zero attached hydrogens (tertiary/aromatic N) is 2. The van der Waals surface area contributed by atoms with Crippen LogP contribution in [-0.2, 0) is 0 Å². The van der Waals surface area contributed by atoms with Gasteiger partial charge < -0.3 is 5.11 Å². The second-order valence-corrected chi connectivity index (χ2v) is 5.91. The molecule has 4 atom stereocenters. The molecule has 0 spiro atoms. The van der Waals surface area contributed by atoms with Crippen LogP contribution in [0.15, 0.2) is 29.6 Å². The van der Waals surface area contributed by atoms with Gasteiger partial charge >= 0.3 is 0 Å². The Morgan fingerprint density at radius 2 is 2.25 bits per heavy atom. The van der Waals surface area contributed by atoms with Gasteiger partial charge in [0, 0.05) is 41.6 Å². The lowest BCUT2D eigenvalue weighted by Crippen LogP contribution is -2.24. The molecular weight excluding hydrogens is 278 g/mol. The Hall–Kier alpha value is -1.46. The summed E-state index contributed by atoms with van der Waals surface area (Å²) >= 11 is 6.25. The number of rotatable bonds is 3. The van der Waals surface area contributed by atoms with Gasteiger partial charge in [-0.25, -0.2) is 5.43 Å². The standard InChI is InChI=1S/C14H16ClN3O2/c15-12-5-10-11(7-19)9(12)6-13(10)17-18-14(20)8-1-3-16-4-2-8/h1-4,9-12,19H,5-7H2,(H,18,20)/b17-13+/t9-,10-,11-,12-/m1/s1. The van der Waals surface area contributed by atoms with Crippen molar-refractivity contribution in [2.24, 2.45) is 22.9 Å². The fourth-order valence-electron chi connectivity index (χ4n) is 3.30. The van der Waals surface area contributed by atoms with Gasteiger partial charge in [-0.2, -0.15) is 5.10 Å². The van der Waals surface area contributed by atoms with Gasteiger partial charge in [-0.1, -0.05) is 0 Å². The third-order valence-electron chi connectivity index (χ3n) is 4.34. The van der Waals surface area contributed by atoms with Crippen LogP contribution in [-0.4, -0.2) is 33.7 Å². The first-order valence-electron chi connectivity index (χ1n) is 6.72. The van der Waals surface area contributed by atoms with Crippen LogP contribution in [0.1, 0.15) is 23.2 Å². The van der Waals surface area contributed by atoms with E-state index >= 15 is 0 Å². The number of alkyl halides is 1. The fourth-order valence-corrected chi connectivity index (χ4v) is 3.76. The maximum Gasteiger partial charge on any atom is 0.271 e. The van der Waals surface area contributed by atoms with Crippen LogP contribution in [0.5, 0.6) is 0 Å². The molecule has 2 saturated carbocycles. The number of fused-ring (bicyclic) bond motifs is 2. The quantitative estimate of drug-likeness (QED) is 0.654. The molecule has 2 aliphatic carbocycles. The molecule has 2 N–H and O–H groups in total. The van der Waals surface area contributed by atoms with E-state index in [9.17, 15) is 9.90 Å². The highest BCUT2D eigenvalue weighted by atomic mass is 35.5. The summed E-state index contributed by atoms with van der Waals surface area (Å²) in [4.78, 5) is 15.8. The average Bonchev–Trinajstić information content (AvgIpc) is 2.98. The van der Waals surface area contributed by atoms with Crippen LogP contribution < -0.4 is 5.43 Å². The monoisotopic (exact) mass is 293 g/mol. The van der Waals surface area contributed by atoms with E-state index in [1.165, 1.54) is 0 Å². The maximum absolute atomic E-state index is 11.9. The normalized spacial score (nSPS) is 33.6. The van der Waals surface area contributed by atoms with Gasteiger partial charge in [-0.15, -0.1) is 11.6 Å². The van der Waals surface area contributed by atoms with Crippen molar-refractivity contribution in [1.82, 2.24) is 10.4 Å². The molecule has 2 bridgehead atoms. The number of carbonyl (C=O) groups is 1. The van der Waals surface area contributed by atoms with Gasteiger partial charge in [0.2, 0.25) is 0 Å². The second-order valence-electron chi connectivity index (χ2n) is 5.35. The Morgan fingerprint density at radius 1 is 1.50 bits per heavy atom. The number of aliphatic hydroxyl groups is 1. The Labute approximate surface area is 122 Å². The Kier molecular flexibility index (Phi) is 3.72. The predicted molar refractivity (Wildman–Crippen MR) is 75.6 cm³/mol. The Morgan fingerprint density at radius 3 is 2.90 bits per heavy atom. The summed E-state index contributed by atoms with van der Waals surface area (Å²) in [5.74, 6) is 0.424. The smallest absolute Gasteiger partial charge is 0.271 e. The fraction of sp³-hybridized carbons (Fsp3) is 0.500. The highest BCUT2D eigenvalue weighted by molar-refractivity contribution is 6.22. The van der Waals surface area contributed by atoms with Crippen molar-refractivity contribution in [3.8, 4) is 0 Å². The van der Waals surface area contributed by atoms with Crippen molar-refractivity contribution in [1.29, 1.82) is 0 Å². The Bertz CT molecular complexity index is 534. The van der Waals surface area contributed by atoms with Crippen molar-refractivity contribution in [3.63, 3.8) is 0 Å². The number of pyridine rings is 1. The minimum absolute atomic E-state index is 0.118. The van der Waals surface area contributed by atoms with Gasteiger partial charge in [0.05, 0.1) is 0 Å². The second kappa shape index (κ2) is 5.50. The minimum atomic E-state index is -0.245. The van der Waals surface area contributed by atoms with Crippen molar-refractivity contribution < 1.29 is 9.90 Å². The van der Waals surface area contributed by atoms with Gasteiger partial charge in [-0.05, 0) is 36.8 Å². The molecule has 3 rings (SSSR count). The zero-order valence-electron chi connectivity index (χ0n) is 10.9. The molecular formula is C14H16ClN3O2. The summed E-state index contributed by atoms with van der Waals surface area (Å²) in [6, 6.07) is 3.28. The molecule has 2 fully saturated rings. The van der Waals surface area contributed by atoms with E-state index in [0.29, 0.717) is 5.56 Å². The first-order chi connectivity index (χ1) is 9.70. The van der Waals surface area contributed by atoms with Gasteiger partial charge in [0.25, 0.3) is 5.91 Å². The van der Waals surface area contributed by atoms with Crippen molar-refractivity contribution in [2.75, 3.05) is 6.61 Å². The van der Waals surface area contributed by atoms with E-state index in [-0.39, 0.29) is 35.6 Å². The van der Waals surface area contributed by atoms with Gasteiger partial charge in [-0.3, -0.25) is 9.78 Å². The number of aromatic nitrogens is 1. The number of nitrogens with one attached hydrogen (secondary N) is 1. The number of halogens is 1. The van der Waals surface area contributed by atoms with E-state index in [2.05, 4.69) is 15.5 Å². The van der Waals surface area contributed by atoms with E-state index in [0.717, 1.165) is 18.6 Å². The van der Waals surface area contributed by atoms with E-state index in [1.54, 1.807) is 24.5 Å². The molecule has 1 amide bonds. The number of amides is 1. The van der Waals surface area contributed by atoms with Crippen molar-refractivity contribution in [3.05, 3.63) is 30.1 Å². The van der Waals surface area contributed by atoms with Crippen molar-refractivity contribution >= 4 is 23.2 Å². The molecule has 0 saturated heterocycles. The molecule has 0 aliphatic heterocycles. The third kappa shape index (κ3) is 2.31. The third-order valence-corrected chi connectivity index (χ3v) is 4.84. The molecule has 0 unspecified atom stereocenters. The first-order valence-corrected chi connectivity index (χ1v) is 7.16. The minimum Gasteiger partial charge on any atom is -0.396 e. The van der Waals surface area contributed by atoms with Crippen LogP contribution in [0.3, 0.4) is 0 Å². The summed E-state index contributed by atoms with van der Waals surface area (Å²) < 4.78 is 0. The average molecular weight is 294 g/mol. The highest BCUT2D eigenvalue weighted by Gasteiger charge is 2.50. The largest absolute Gasteiger partial charge is 0.396 e. The number of hydrogen-bond acceptors (Lipinski definition) is 4. The van der Waals surface area contributed by atoms with Crippen LogP contribution >= 0.6 is 11.6 Å². The SMILES string of the molecule is O=C(N/N=C1\C[C@@H]2[C@@H](CO)[C@H]1C[C@H]2Cl)c1ccncc1. The molecule has 6 heteroatoms. The summed E-state index contributed by atoms with van der Waals surface area (Å²) in [5, 5.41) is 13.8. The summed E-state index contributed by atoms with van der Waals surface area (Å²) in [5.41, 5.74) is 4.06. The molecule has 0 aromatic carbocycles. The molecule has 2 aliphatic rings. The van der Waals surface area contributed by atoms with Crippen LogP contribution in [0.4, 0.5) is 0 Å².